The van der Waals surface area contributed by atoms with Crippen molar-refractivity contribution in [3.8, 4) is 0 Å². The quantitative estimate of drug-likeness (QED) is 0.390. The second kappa shape index (κ2) is 8.13. The molecule has 2 heterocycles. The Morgan fingerprint density at radius 1 is 1.03 bits per heavy atom. The van der Waals surface area contributed by atoms with Gasteiger partial charge in [0, 0.05) is 13.0 Å². The monoisotopic (exact) mass is 496 g/mol. The second-order valence-corrected chi connectivity index (χ2v) is 12.9. The summed E-state index contributed by atoms with van der Waals surface area (Å²) in [5, 5.41) is 0. The lowest BCUT2D eigenvalue weighted by atomic mass is 9.54. The molecule has 8 atom stereocenters. The number of ether oxygens (including phenoxy) is 5. The number of rotatable bonds is 5. The molecule has 0 amide bonds. The number of carbonyl (C=O) groups excluding carboxylic acids is 1. The van der Waals surface area contributed by atoms with E-state index >= 15 is 0 Å². The van der Waals surface area contributed by atoms with E-state index in [1.54, 1.807) is 7.11 Å². The van der Waals surface area contributed by atoms with Gasteiger partial charge in [0.25, 0.3) is 0 Å². The summed E-state index contributed by atoms with van der Waals surface area (Å²) in [5.41, 5.74) is 2.63. The zero-order chi connectivity index (χ0) is 25.5. The van der Waals surface area contributed by atoms with Gasteiger partial charge in [-0.05, 0) is 55.4 Å². The van der Waals surface area contributed by atoms with Crippen molar-refractivity contribution in [2.24, 2.45) is 34.5 Å². The normalized spacial score (nSPS) is 44.1. The maximum Gasteiger partial charge on any atom is 0.312 e. The van der Waals surface area contributed by atoms with Crippen LogP contribution < -0.4 is 0 Å². The third-order valence-corrected chi connectivity index (χ3v) is 9.94. The molecule has 0 bridgehead atoms. The zero-order valence-electron chi connectivity index (χ0n) is 22.4. The van der Waals surface area contributed by atoms with Crippen LogP contribution in [0.15, 0.2) is 42.0 Å². The number of methoxy groups -OCH3 is 1. The molecule has 1 aromatic carbocycles. The molecule has 0 radical (unpaired) electrons. The molecule has 6 nitrogen and oxygen atoms in total. The van der Waals surface area contributed by atoms with Crippen LogP contribution in [0.4, 0.5) is 0 Å². The highest BCUT2D eigenvalue weighted by Crippen LogP contribution is 2.68. The lowest BCUT2D eigenvalue weighted by molar-refractivity contribution is -0.301. The third-order valence-electron chi connectivity index (χ3n) is 9.94. The molecule has 2 saturated carbocycles. The summed E-state index contributed by atoms with van der Waals surface area (Å²) in [6, 6.07) is 10.1. The number of carbonyl (C=O) groups is 1. The van der Waals surface area contributed by atoms with E-state index in [4.69, 9.17) is 23.7 Å². The van der Waals surface area contributed by atoms with Gasteiger partial charge in [-0.1, -0.05) is 69.2 Å². The molecule has 2 saturated heterocycles. The first kappa shape index (κ1) is 24.6. The summed E-state index contributed by atoms with van der Waals surface area (Å²) in [6.07, 6.45) is 5.82. The van der Waals surface area contributed by atoms with Gasteiger partial charge in [-0.15, -0.1) is 0 Å². The maximum atomic E-state index is 13.5. The fourth-order valence-electron chi connectivity index (χ4n) is 8.59. The van der Waals surface area contributed by atoms with E-state index in [9.17, 15) is 4.79 Å². The van der Waals surface area contributed by atoms with Crippen LogP contribution in [0.3, 0.4) is 0 Å². The van der Waals surface area contributed by atoms with Gasteiger partial charge in [-0.3, -0.25) is 4.79 Å². The van der Waals surface area contributed by atoms with Crippen molar-refractivity contribution in [1.82, 2.24) is 0 Å². The molecule has 0 aromatic heterocycles. The molecule has 5 aliphatic rings. The fraction of sp³-hybridized carbons (Fsp3) is 0.700. The van der Waals surface area contributed by atoms with Crippen molar-refractivity contribution < 1.29 is 28.5 Å². The van der Waals surface area contributed by atoms with Gasteiger partial charge < -0.3 is 23.7 Å². The molecule has 6 rings (SSSR count). The molecule has 196 valence electrons. The van der Waals surface area contributed by atoms with Gasteiger partial charge >= 0.3 is 5.97 Å². The largest absolute Gasteiger partial charge is 0.435 e. The predicted octanol–water partition coefficient (Wildman–Crippen LogP) is 5.61. The molecule has 1 aromatic rings. The Hall–Kier alpha value is -1.73. The number of cyclic esters (lactones) is 1. The first-order valence-electron chi connectivity index (χ1n) is 13.5. The Balaban J connectivity index is 1.44. The van der Waals surface area contributed by atoms with Crippen molar-refractivity contribution in [3.05, 3.63) is 47.5 Å². The minimum Gasteiger partial charge on any atom is -0.435 e. The highest BCUT2D eigenvalue weighted by atomic mass is 16.8. The van der Waals surface area contributed by atoms with Crippen molar-refractivity contribution in [3.63, 3.8) is 0 Å². The molecular formula is C30H40O6. The van der Waals surface area contributed by atoms with Gasteiger partial charge in [0.05, 0.1) is 18.4 Å². The number of hydrogen-bond donors (Lipinski definition) is 0. The number of hydrogen-bond acceptors (Lipinski definition) is 6. The van der Waals surface area contributed by atoms with Gasteiger partial charge in [0.1, 0.15) is 6.10 Å². The SMILES string of the molecule is CO[C@@H]1OC(=O)[C@H]2[C@@H](C3=CC[C@H]4C(C)(C)CCC[C@]34C)[C@@H]3OC(C)(C)O[C@@]3(OCc3ccccc3)[C@@H]12. The van der Waals surface area contributed by atoms with Crippen molar-refractivity contribution in [2.75, 3.05) is 7.11 Å². The van der Waals surface area contributed by atoms with E-state index < -0.39 is 35.8 Å². The molecule has 0 unspecified atom stereocenters. The van der Waals surface area contributed by atoms with E-state index in [1.807, 2.05) is 44.2 Å². The zero-order valence-corrected chi connectivity index (χ0v) is 22.4. The van der Waals surface area contributed by atoms with E-state index in [-0.39, 0.29) is 22.7 Å². The van der Waals surface area contributed by atoms with Gasteiger partial charge in [-0.2, -0.15) is 0 Å². The van der Waals surface area contributed by atoms with Gasteiger partial charge in [0.2, 0.25) is 12.1 Å². The molecule has 4 fully saturated rings. The molecule has 2 aliphatic heterocycles. The predicted molar refractivity (Wildman–Crippen MR) is 133 cm³/mol. The summed E-state index contributed by atoms with van der Waals surface area (Å²) >= 11 is 0. The number of fused-ring (bicyclic) bond motifs is 4. The average molecular weight is 497 g/mol. The van der Waals surface area contributed by atoms with Crippen molar-refractivity contribution in [1.29, 1.82) is 0 Å². The Bertz CT molecular complexity index is 1060. The third kappa shape index (κ3) is 3.40. The Kier molecular flexibility index (Phi) is 5.56. The van der Waals surface area contributed by atoms with Crippen LogP contribution in [0.1, 0.15) is 65.9 Å². The maximum absolute atomic E-state index is 13.5. The molecule has 0 spiro atoms. The number of allylic oxidation sites excluding steroid dienone is 1. The first-order chi connectivity index (χ1) is 17.0. The fourth-order valence-corrected chi connectivity index (χ4v) is 8.59. The summed E-state index contributed by atoms with van der Waals surface area (Å²) in [7, 11) is 1.59. The molecule has 0 N–H and O–H groups in total. The smallest absolute Gasteiger partial charge is 0.312 e. The lowest BCUT2D eigenvalue weighted by Crippen LogP contribution is -2.50. The average Bonchev–Trinajstić information content (AvgIpc) is 3.49. The lowest BCUT2D eigenvalue weighted by Gasteiger charge is -2.50. The second-order valence-electron chi connectivity index (χ2n) is 12.9. The van der Waals surface area contributed by atoms with Crippen LogP contribution in [0.25, 0.3) is 0 Å². The molecule has 6 heteroatoms. The standard InChI is InChI=1S/C30H40O6/c1-27(2)15-10-16-29(5)19(13-14-20(27)29)21-22-23(26(32-6)34-25(22)31)30(24(21)35-28(3,4)36-30)33-17-18-11-8-7-9-12-18/h7-9,11-13,20-24,26H,10,14-17H2,1-6H3/t20-,21+,22-,23+,24-,26+,29+,30-/m0/s1. The summed E-state index contributed by atoms with van der Waals surface area (Å²) < 4.78 is 31.7. The van der Waals surface area contributed by atoms with E-state index in [0.29, 0.717) is 12.5 Å². The van der Waals surface area contributed by atoms with Crippen molar-refractivity contribution >= 4 is 5.97 Å². The summed E-state index contributed by atoms with van der Waals surface area (Å²) in [5.74, 6) is -2.74. The Morgan fingerprint density at radius 2 is 1.78 bits per heavy atom. The van der Waals surface area contributed by atoms with Crippen LogP contribution >= 0.6 is 0 Å². The van der Waals surface area contributed by atoms with Crippen LogP contribution in [-0.4, -0.2) is 37.0 Å². The summed E-state index contributed by atoms with van der Waals surface area (Å²) in [6.45, 7) is 11.4. The topological polar surface area (TPSA) is 63.2 Å². The van der Waals surface area contributed by atoms with Gasteiger partial charge in [0.15, 0.2) is 5.79 Å². The first-order valence-corrected chi connectivity index (χ1v) is 13.5. The van der Waals surface area contributed by atoms with Crippen LogP contribution in [0.2, 0.25) is 0 Å². The van der Waals surface area contributed by atoms with Crippen LogP contribution in [0, 0.1) is 34.5 Å². The minimum atomic E-state index is -1.15. The van der Waals surface area contributed by atoms with Crippen molar-refractivity contribution in [2.45, 2.75) is 90.9 Å². The van der Waals surface area contributed by atoms with E-state index in [2.05, 4.69) is 26.8 Å². The van der Waals surface area contributed by atoms with E-state index in [0.717, 1.165) is 18.4 Å². The highest BCUT2D eigenvalue weighted by molar-refractivity contribution is 5.77. The molecule has 36 heavy (non-hydrogen) atoms. The minimum absolute atomic E-state index is 0.00794. The summed E-state index contributed by atoms with van der Waals surface area (Å²) in [4.78, 5) is 13.5. The number of esters is 1. The number of benzene rings is 1. The molecule has 3 aliphatic carbocycles. The Labute approximate surface area is 214 Å². The Morgan fingerprint density at radius 3 is 2.50 bits per heavy atom. The van der Waals surface area contributed by atoms with Gasteiger partial charge in [-0.25, -0.2) is 0 Å². The van der Waals surface area contributed by atoms with Crippen LogP contribution in [0.5, 0.6) is 0 Å². The highest BCUT2D eigenvalue weighted by Gasteiger charge is 2.77. The van der Waals surface area contributed by atoms with E-state index in [1.165, 1.54) is 18.4 Å². The molecular weight excluding hydrogens is 456 g/mol. The van der Waals surface area contributed by atoms with Crippen LogP contribution in [-0.2, 0) is 35.1 Å².